The fraction of sp³-hybridized carbons (Fsp3) is 0.263. The van der Waals surface area contributed by atoms with Crippen LogP contribution in [0.3, 0.4) is 0 Å². The maximum Gasteiger partial charge on any atom is 0.331 e. The van der Waals surface area contributed by atoms with Gasteiger partial charge in [0, 0.05) is 18.5 Å². The van der Waals surface area contributed by atoms with E-state index < -0.39 is 27.7 Å². The summed E-state index contributed by atoms with van der Waals surface area (Å²) in [5.74, 6) is 0.307. The van der Waals surface area contributed by atoms with E-state index in [0.29, 0.717) is 24.5 Å². The van der Waals surface area contributed by atoms with E-state index in [4.69, 9.17) is 9.10 Å². The first-order valence-electron chi connectivity index (χ1n) is 16.4. The number of amides is 2. The van der Waals surface area contributed by atoms with Crippen LogP contribution in [0.1, 0.15) is 52.3 Å². The second kappa shape index (κ2) is 11.9. The first-order chi connectivity index (χ1) is 23.3. The standard InChI is InChI=1S/C38H36FN5O3S/c1-25-24-44-36(47-25)34(23-40-44)48(46,42-37(45)41-35-32-19-11-12-26(32)20-27-21-31(39)22-33(27)35)43-38(28-13-5-2-6-14-28,29-15-7-3-8-16-29)30-17-9-4-10-18-30/h2-10,13-18,20,23,25,31H,11-12,19,21-22,24H2,1H3,(H2,41,42,43,45,46)/t25?,31-,48?/m1/s1. The van der Waals surface area contributed by atoms with Gasteiger partial charge in [-0.15, -0.1) is 0 Å². The van der Waals surface area contributed by atoms with Crippen LogP contribution in [-0.2, 0) is 47.7 Å². The first kappa shape index (κ1) is 30.4. The van der Waals surface area contributed by atoms with E-state index in [0.717, 1.165) is 58.2 Å². The number of hydrogen-bond acceptors (Lipinski definition) is 5. The molecule has 10 heteroatoms. The minimum Gasteiger partial charge on any atom is -0.472 e. The molecule has 0 fully saturated rings. The van der Waals surface area contributed by atoms with Crippen molar-refractivity contribution in [1.82, 2.24) is 14.5 Å². The quantitative estimate of drug-likeness (QED) is 0.181. The number of benzene rings is 4. The van der Waals surface area contributed by atoms with E-state index in [2.05, 4.69) is 21.2 Å². The Kier molecular flexibility index (Phi) is 7.55. The third kappa shape index (κ3) is 5.15. The van der Waals surface area contributed by atoms with Crippen molar-refractivity contribution in [1.29, 1.82) is 0 Å². The molecule has 2 aliphatic carbocycles. The van der Waals surface area contributed by atoms with Gasteiger partial charge in [0.15, 0.2) is 9.92 Å². The van der Waals surface area contributed by atoms with E-state index in [-0.39, 0.29) is 17.4 Å². The summed E-state index contributed by atoms with van der Waals surface area (Å²) in [7, 11) is -3.85. The molecule has 2 unspecified atom stereocenters. The molecule has 0 saturated heterocycles. The Balaban J connectivity index is 1.34. The first-order valence-corrected chi connectivity index (χ1v) is 17.9. The molecule has 2 N–H and O–H groups in total. The molecule has 0 spiro atoms. The highest BCUT2D eigenvalue weighted by Crippen LogP contribution is 2.44. The monoisotopic (exact) mass is 661 g/mol. The predicted octanol–water partition coefficient (Wildman–Crippen LogP) is 7.15. The fourth-order valence-corrected chi connectivity index (χ4v) is 9.34. The average Bonchev–Trinajstić information content (AvgIpc) is 3.89. The molecule has 1 aromatic heterocycles. The van der Waals surface area contributed by atoms with Gasteiger partial charge >= 0.3 is 6.03 Å². The van der Waals surface area contributed by atoms with Crippen molar-refractivity contribution in [3.63, 3.8) is 0 Å². The van der Waals surface area contributed by atoms with Gasteiger partial charge < -0.3 is 10.1 Å². The minimum absolute atomic E-state index is 0.182. The van der Waals surface area contributed by atoms with Gasteiger partial charge in [0.1, 0.15) is 22.7 Å². The van der Waals surface area contributed by atoms with Gasteiger partial charge in [-0.05, 0) is 65.1 Å². The number of carbonyl (C=O) groups is 1. The summed E-state index contributed by atoms with van der Waals surface area (Å²) in [5.41, 5.74) is 5.52. The van der Waals surface area contributed by atoms with E-state index in [9.17, 15) is 9.18 Å². The third-order valence-electron chi connectivity index (χ3n) is 9.58. The van der Waals surface area contributed by atoms with Crippen molar-refractivity contribution < 1.29 is 18.1 Å². The molecule has 0 radical (unpaired) electrons. The number of anilines is 1. The van der Waals surface area contributed by atoms with Crippen LogP contribution < -0.4 is 14.8 Å². The molecule has 2 amide bonds. The lowest BCUT2D eigenvalue weighted by Crippen LogP contribution is -2.38. The number of nitrogens with zero attached hydrogens (tertiary/aromatic N) is 3. The van der Waals surface area contributed by atoms with Crippen molar-refractivity contribution in [2.75, 3.05) is 5.32 Å². The summed E-state index contributed by atoms with van der Waals surface area (Å²) in [6.07, 6.45) is 3.48. The topological polar surface area (TPSA) is 97.6 Å². The summed E-state index contributed by atoms with van der Waals surface area (Å²) < 4.78 is 46.4. The van der Waals surface area contributed by atoms with Crippen molar-refractivity contribution in [3.05, 3.63) is 142 Å². The van der Waals surface area contributed by atoms with Crippen molar-refractivity contribution in [3.8, 4) is 5.88 Å². The minimum atomic E-state index is -3.85. The number of nitrogens with one attached hydrogen (secondary N) is 2. The van der Waals surface area contributed by atoms with Crippen LogP contribution in [0.2, 0.25) is 0 Å². The summed E-state index contributed by atoms with van der Waals surface area (Å²) in [6.45, 7) is 2.39. The Hall–Kier alpha value is -4.96. The average molecular weight is 662 g/mol. The van der Waals surface area contributed by atoms with Gasteiger partial charge in [-0.2, -0.15) is 9.46 Å². The summed E-state index contributed by atoms with van der Waals surface area (Å²) in [5, 5.41) is 7.53. The molecule has 2 heterocycles. The number of aromatic nitrogens is 2. The number of ether oxygens (including phenoxy) is 1. The lowest BCUT2D eigenvalue weighted by Gasteiger charge is -2.33. The van der Waals surface area contributed by atoms with Crippen LogP contribution in [0, 0.1) is 0 Å². The van der Waals surface area contributed by atoms with Crippen molar-refractivity contribution >= 4 is 21.6 Å². The fourth-order valence-electron chi connectivity index (χ4n) is 7.50. The van der Waals surface area contributed by atoms with Gasteiger partial charge in [-0.25, -0.2) is 22.8 Å². The van der Waals surface area contributed by atoms with Crippen molar-refractivity contribution in [2.45, 2.75) is 68.3 Å². The lowest BCUT2D eigenvalue weighted by atomic mass is 9.78. The number of carbonyl (C=O) groups excluding carboxylic acids is 1. The van der Waals surface area contributed by atoms with Gasteiger partial charge in [-0.3, -0.25) is 0 Å². The van der Waals surface area contributed by atoms with E-state index in [1.54, 1.807) is 4.68 Å². The number of rotatable bonds is 7. The third-order valence-corrected chi connectivity index (χ3v) is 11.4. The summed E-state index contributed by atoms with van der Waals surface area (Å²) in [6, 6.07) is 30.4. The Morgan fingerprint density at radius 3 is 2.17 bits per heavy atom. The largest absolute Gasteiger partial charge is 0.472 e. The molecule has 5 aromatic rings. The highest BCUT2D eigenvalue weighted by molar-refractivity contribution is 7.92. The van der Waals surface area contributed by atoms with Crippen LogP contribution in [0.5, 0.6) is 5.88 Å². The summed E-state index contributed by atoms with van der Waals surface area (Å²) >= 11 is 0. The van der Waals surface area contributed by atoms with Gasteiger partial charge in [0.2, 0.25) is 5.88 Å². The highest BCUT2D eigenvalue weighted by atomic mass is 32.2. The van der Waals surface area contributed by atoms with E-state index >= 15 is 4.21 Å². The highest BCUT2D eigenvalue weighted by Gasteiger charge is 2.41. The molecule has 3 aliphatic rings. The van der Waals surface area contributed by atoms with Crippen LogP contribution >= 0.6 is 0 Å². The zero-order valence-corrected chi connectivity index (χ0v) is 27.4. The van der Waals surface area contributed by atoms with Gasteiger partial charge in [-0.1, -0.05) is 97.1 Å². The van der Waals surface area contributed by atoms with E-state index in [1.165, 1.54) is 6.20 Å². The number of hydrogen-bond donors (Lipinski definition) is 2. The molecule has 0 saturated carbocycles. The van der Waals surface area contributed by atoms with Gasteiger partial charge in [0.05, 0.1) is 12.7 Å². The number of halogens is 1. The maximum absolute atomic E-state index is 15.8. The number of fused-ring (bicyclic) bond motifs is 3. The number of urea groups is 1. The second-order valence-electron chi connectivity index (χ2n) is 12.8. The molecular formula is C38H36FN5O3S. The zero-order valence-electron chi connectivity index (χ0n) is 26.6. The Labute approximate surface area is 279 Å². The molecule has 1 aliphatic heterocycles. The Morgan fingerprint density at radius 1 is 0.917 bits per heavy atom. The van der Waals surface area contributed by atoms with Crippen LogP contribution in [-0.4, -0.2) is 32.3 Å². The number of alkyl halides is 1. The molecule has 244 valence electrons. The zero-order chi connectivity index (χ0) is 32.9. The second-order valence-corrected chi connectivity index (χ2v) is 14.7. The Morgan fingerprint density at radius 2 is 1.54 bits per heavy atom. The molecule has 4 aromatic carbocycles. The van der Waals surface area contributed by atoms with Crippen LogP contribution in [0.15, 0.2) is 113 Å². The molecule has 8 nitrogen and oxygen atoms in total. The maximum atomic E-state index is 15.8. The van der Waals surface area contributed by atoms with Gasteiger partial charge in [0.25, 0.3) is 0 Å². The smallest absolute Gasteiger partial charge is 0.331 e. The number of aryl methyl sites for hydroxylation is 1. The lowest BCUT2D eigenvalue weighted by molar-refractivity contribution is 0.248. The Bertz CT molecular complexity index is 2030. The van der Waals surface area contributed by atoms with E-state index in [1.807, 2.05) is 97.9 Å². The molecule has 8 rings (SSSR count). The molecular weight excluding hydrogens is 626 g/mol. The molecule has 3 atom stereocenters. The molecule has 0 bridgehead atoms. The van der Waals surface area contributed by atoms with Crippen LogP contribution in [0.4, 0.5) is 14.9 Å². The normalized spacial score (nSPS) is 19.0. The SMILES string of the molecule is CC1Cn2ncc(S(=O)(=NC(c3ccccc3)(c3ccccc3)c3ccccc3)NC(=O)Nc3c4c(cc5c3C[C@H](F)C5)CCC4)c2O1. The molecule has 48 heavy (non-hydrogen) atoms. The van der Waals surface area contributed by atoms with Crippen LogP contribution in [0.25, 0.3) is 0 Å². The predicted molar refractivity (Wildman–Crippen MR) is 183 cm³/mol. The summed E-state index contributed by atoms with van der Waals surface area (Å²) in [4.78, 5) is 14.4. The van der Waals surface area contributed by atoms with Crippen molar-refractivity contribution in [2.24, 2.45) is 4.36 Å².